The van der Waals surface area contributed by atoms with E-state index in [9.17, 15) is 0 Å². The third-order valence-corrected chi connectivity index (χ3v) is 4.64. The molecule has 3 heteroatoms. The molecule has 0 aliphatic heterocycles. The van der Waals surface area contributed by atoms with Gasteiger partial charge in [-0.3, -0.25) is 0 Å². The Morgan fingerprint density at radius 1 is 1.36 bits per heavy atom. The largest absolute Gasteiger partial charge is 0.0845 e. The zero-order valence-corrected chi connectivity index (χ0v) is 11.0. The van der Waals surface area contributed by atoms with Crippen molar-refractivity contribution in [2.24, 2.45) is 0 Å². The van der Waals surface area contributed by atoms with Gasteiger partial charge in [0.15, 0.2) is 0 Å². The lowest BCUT2D eigenvalue weighted by Gasteiger charge is -2.02. The fourth-order valence-electron chi connectivity index (χ4n) is 0.776. The summed E-state index contributed by atoms with van der Waals surface area (Å²) in [5.74, 6) is 0. The van der Waals surface area contributed by atoms with Crippen LogP contribution in [0, 0.1) is 7.14 Å². The second kappa shape index (κ2) is 4.13. The maximum absolute atomic E-state index is 5.10. The molecule has 0 fully saturated rings. The average molecular weight is 388 g/mol. The molecule has 0 N–H and O–H groups in total. The minimum atomic E-state index is 0.966. The number of benzene rings is 1. The SMILES string of the molecule is CC(=S)c1cccc(I)c1I. The number of hydrogen-bond donors (Lipinski definition) is 0. The summed E-state index contributed by atoms with van der Waals surface area (Å²) in [6.45, 7) is 1.96. The minimum absolute atomic E-state index is 0.966. The van der Waals surface area contributed by atoms with Crippen LogP contribution in [0.2, 0.25) is 0 Å². The summed E-state index contributed by atoms with van der Waals surface area (Å²) in [6, 6.07) is 6.19. The van der Waals surface area contributed by atoms with E-state index < -0.39 is 0 Å². The second-order valence-corrected chi connectivity index (χ2v) is 5.01. The molecule has 0 saturated heterocycles. The zero-order chi connectivity index (χ0) is 8.43. The molecule has 1 aromatic rings. The third-order valence-electron chi connectivity index (χ3n) is 1.33. The Morgan fingerprint density at radius 3 is 2.45 bits per heavy atom. The zero-order valence-electron chi connectivity index (χ0n) is 5.90. The Balaban J connectivity index is 3.27. The Hall–Kier alpha value is 0.770. The smallest absolute Gasteiger partial charge is 0.0347 e. The van der Waals surface area contributed by atoms with Crippen LogP contribution in [-0.4, -0.2) is 4.86 Å². The van der Waals surface area contributed by atoms with Crippen molar-refractivity contribution in [3.63, 3.8) is 0 Å². The standard InChI is InChI=1S/C8H6I2S/c1-5(11)6-3-2-4-7(9)8(6)10/h2-4H,1H3. The van der Waals surface area contributed by atoms with E-state index >= 15 is 0 Å². The van der Waals surface area contributed by atoms with E-state index in [0.29, 0.717) is 0 Å². The van der Waals surface area contributed by atoms with Crippen LogP contribution in [0.25, 0.3) is 0 Å². The number of hydrogen-bond acceptors (Lipinski definition) is 1. The van der Waals surface area contributed by atoms with Gasteiger partial charge in [-0.1, -0.05) is 24.4 Å². The van der Waals surface area contributed by atoms with Crippen LogP contribution in [0.5, 0.6) is 0 Å². The van der Waals surface area contributed by atoms with Gasteiger partial charge in [-0.05, 0) is 58.2 Å². The molecule has 0 amide bonds. The summed E-state index contributed by atoms with van der Waals surface area (Å²) in [7, 11) is 0. The van der Waals surface area contributed by atoms with E-state index in [1.54, 1.807) is 0 Å². The minimum Gasteiger partial charge on any atom is -0.0845 e. The molecule has 0 spiro atoms. The second-order valence-electron chi connectivity index (χ2n) is 2.16. The summed E-state index contributed by atoms with van der Waals surface area (Å²) in [4.78, 5) is 0.966. The summed E-state index contributed by atoms with van der Waals surface area (Å²) >= 11 is 9.74. The molecule has 1 aromatic carbocycles. The first-order valence-corrected chi connectivity index (χ1v) is 5.64. The van der Waals surface area contributed by atoms with Crippen molar-refractivity contribution in [2.75, 3.05) is 0 Å². The fraction of sp³-hybridized carbons (Fsp3) is 0.125. The van der Waals surface area contributed by atoms with Gasteiger partial charge in [-0.2, -0.15) is 0 Å². The highest BCUT2D eigenvalue weighted by Gasteiger charge is 2.03. The maximum Gasteiger partial charge on any atom is 0.0347 e. The van der Waals surface area contributed by atoms with Crippen molar-refractivity contribution >= 4 is 62.3 Å². The maximum atomic E-state index is 5.10. The summed E-state index contributed by atoms with van der Waals surface area (Å²) < 4.78 is 2.53. The lowest BCUT2D eigenvalue weighted by atomic mass is 10.2. The number of halogens is 2. The van der Waals surface area contributed by atoms with Crippen LogP contribution >= 0.6 is 57.4 Å². The van der Waals surface area contributed by atoms with Gasteiger partial charge >= 0.3 is 0 Å². The summed E-state index contributed by atoms with van der Waals surface area (Å²) in [5.41, 5.74) is 1.19. The molecule has 0 bridgehead atoms. The molecule has 0 atom stereocenters. The van der Waals surface area contributed by atoms with E-state index in [0.717, 1.165) is 4.86 Å². The molecule has 0 radical (unpaired) electrons. The molecule has 58 valence electrons. The lowest BCUT2D eigenvalue weighted by Crippen LogP contribution is -1.95. The molecular weight excluding hydrogens is 382 g/mol. The van der Waals surface area contributed by atoms with Gasteiger partial charge in [0.1, 0.15) is 0 Å². The van der Waals surface area contributed by atoms with Gasteiger partial charge in [0, 0.05) is 17.6 Å². The molecular formula is C8H6I2S. The topological polar surface area (TPSA) is 0 Å². The molecule has 0 saturated carbocycles. The van der Waals surface area contributed by atoms with Gasteiger partial charge in [0.25, 0.3) is 0 Å². The van der Waals surface area contributed by atoms with Crippen molar-refractivity contribution in [2.45, 2.75) is 6.92 Å². The molecule has 1 rings (SSSR count). The molecule has 11 heavy (non-hydrogen) atoms. The first kappa shape index (κ1) is 9.85. The number of rotatable bonds is 1. The highest BCUT2D eigenvalue weighted by molar-refractivity contribution is 14.1. The highest BCUT2D eigenvalue weighted by atomic mass is 127. The van der Waals surface area contributed by atoms with E-state index in [-0.39, 0.29) is 0 Å². The third kappa shape index (κ3) is 2.35. The molecule has 0 aromatic heterocycles. The van der Waals surface area contributed by atoms with Gasteiger partial charge in [-0.25, -0.2) is 0 Å². The number of thiocarbonyl (C=S) groups is 1. The van der Waals surface area contributed by atoms with E-state index in [1.165, 1.54) is 12.7 Å². The quantitative estimate of drug-likeness (QED) is 0.403. The predicted molar refractivity (Wildman–Crippen MR) is 69.3 cm³/mol. The highest BCUT2D eigenvalue weighted by Crippen LogP contribution is 2.19. The first-order chi connectivity index (χ1) is 5.13. The molecule has 0 aliphatic carbocycles. The Kier molecular flexibility index (Phi) is 3.70. The van der Waals surface area contributed by atoms with E-state index in [2.05, 4.69) is 57.3 Å². The van der Waals surface area contributed by atoms with Crippen molar-refractivity contribution in [1.82, 2.24) is 0 Å². The van der Waals surface area contributed by atoms with Crippen LogP contribution in [-0.2, 0) is 0 Å². The van der Waals surface area contributed by atoms with Crippen LogP contribution in [0.15, 0.2) is 18.2 Å². The van der Waals surface area contributed by atoms with Crippen LogP contribution in [0.1, 0.15) is 12.5 Å². The molecule has 0 heterocycles. The van der Waals surface area contributed by atoms with Gasteiger partial charge in [-0.15, -0.1) is 0 Å². The van der Waals surface area contributed by atoms with Gasteiger partial charge < -0.3 is 0 Å². The van der Waals surface area contributed by atoms with Gasteiger partial charge in [0.05, 0.1) is 0 Å². The lowest BCUT2D eigenvalue weighted by molar-refractivity contribution is 1.54. The Morgan fingerprint density at radius 2 is 2.00 bits per heavy atom. The van der Waals surface area contributed by atoms with Crippen molar-refractivity contribution < 1.29 is 0 Å². The average Bonchev–Trinajstić information content (AvgIpc) is 1.94. The normalized spacial score (nSPS) is 9.73. The summed E-state index contributed by atoms with van der Waals surface area (Å²) in [5, 5.41) is 0. The van der Waals surface area contributed by atoms with E-state index in [4.69, 9.17) is 12.2 Å². The first-order valence-electron chi connectivity index (χ1n) is 3.08. The van der Waals surface area contributed by atoms with Crippen LogP contribution < -0.4 is 0 Å². The Labute approximate surface area is 99.0 Å². The van der Waals surface area contributed by atoms with Crippen LogP contribution in [0.4, 0.5) is 0 Å². The van der Waals surface area contributed by atoms with Crippen molar-refractivity contribution in [1.29, 1.82) is 0 Å². The summed E-state index contributed by atoms with van der Waals surface area (Å²) in [6.07, 6.45) is 0. The predicted octanol–water partition coefficient (Wildman–Crippen LogP) is 3.63. The monoisotopic (exact) mass is 388 g/mol. The Bertz CT molecular complexity index is 294. The van der Waals surface area contributed by atoms with E-state index in [1.807, 2.05) is 13.0 Å². The van der Waals surface area contributed by atoms with Gasteiger partial charge in [0.2, 0.25) is 0 Å². The molecule has 0 aliphatic rings. The molecule has 0 nitrogen and oxygen atoms in total. The van der Waals surface area contributed by atoms with Crippen LogP contribution in [0.3, 0.4) is 0 Å². The molecule has 0 unspecified atom stereocenters. The fourth-order valence-corrected chi connectivity index (χ4v) is 2.39. The van der Waals surface area contributed by atoms with Crippen molar-refractivity contribution in [3.8, 4) is 0 Å². The van der Waals surface area contributed by atoms with Crippen molar-refractivity contribution in [3.05, 3.63) is 30.9 Å².